The molecule has 1 aliphatic heterocycles. The molecule has 15 heavy (non-hydrogen) atoms. The zero-order valence-corrected chi connectivity index (χ0v) is 7.28. The number of hydrogen-bond acceptors (Lipinski definition) is 4. The molecule has 1 unspecified atom stereocenters. The third-order valence-corrected chi connectivity index (χ3v) is 2.10. The second kappa shape index (κ2) is 3.56. The first kappa shape index (κ1) is 11.0. The SMILES string of the molecule is O=C(O)C1C[C@@H](C(=O)O)N(C(=O)O)C1=O. The lowest BCUT2D eigenvalue weighted by Crippen LogP contribution is -2.42. The maximum absolute atomic E-state index is 11.2. The van der Waals surface area contributed by atoms with Crippen LogP contribution in [0.25, 0.3) is 0 Å². The summed E-state index contributed by atoms with van der Waals surface area (Å²) in [5, 5.41) is 25.7. The Labute approximate surface area is 82.7 Å². The van der Waals surface area contributed by atoms with E-state index >= 15 is 0 Å². The number of aliphatic carboxylic acids is 2. The molecule has 0 bridgehead atoms. The fraction of sp³-hybridized carbons (Fsp3) is 0.429. The van der Waals surface area contributed by atoms with Gasteiger partial charge in [0.1, 0.15) is 12.0 Å². The van der Waals surface area contributed by atoms with Crippen LogP contribution in [0.15, 0.2) is 0 Å². The predicted octanol–water partition coefficient (Wildman–Crippen LogP) is -0.949. The summed E-state index contributed by atoms with van der Waals surface area (Å²) in [5.41, 5.74) is 0. The van der Waals surface area contributed by atoms with Crippen LogP contribution in [-0.4, -0.2) is 50.2 Å². The minimum Gasteiger partial charge on any atom is -0.481 e. The van der Waals surface area contributed by atoms with E-state index in [0.717, 1.165) is 0 Å². The molecule has 1 rings (SSSR count). The van der Waals surface area contributed by atoms with Crippen molar-refractivity contribution in [3.63, 3.8) is 0 Å². The summed E-state index contributed by atoms with van der Waals surface area (Å²) in [7, 11) is 0. The normalized spacial score (nSPS) is 25.3. The molecule has 2 atom stereocenters. The number of carbonyl (C=O) groups excluding carboxylic acids is 1. The highest BCUT2D eigenvalue weighted by molar-refractivity contribution is 6.07. The summed E-state index contributed by atoms with van der Waals surface area (Å²) >= 11 is 0. The van der Waals surface area contributed by atoms with Crippen molar-refractivity contribution in [3.05, 3.63) is 0 Å². The zero-order chi connectivity index (χ0) is 11.7. The lowest BCUT2D eigenvalue weighted by atomic mass is 10.1. The van der Waals surface area contributed by atoms with Gasteiger partial charge in [-0.25, -0.2) is 14.5 Å². The molecule has 3 N–H and O–H groups in total. The summed E-state index contributed by atoms with van der Waals surface area (Å²) in [4.78, 5) is 42.9. The lowest BCUT2D eigenvalue weighted by molar-refractivity contribution is -0.148. The smallest absolute Gasteiger partial charge is 0.414 e. The van der Waals surface area contributed by atoms with Crippen molar-refractivity contribution in [1.29, 1.82) is 0 Å². The predicted molar refractivity (Wildman–Crippen MR) is 42.0 cm³/mol. The largest absolute Gasteiger partial charge is 0.481 e. The van der Waals surface area contributed by atoms with Gasteiger partial charge in [-0.2, -0.15) is 0 Å². The van der Waals surface area contributed by atoms with E-state index in [4.69, 9.17) is 15.3 Å². The number of hydrogen-bond donors (Lipinski definition) is 3. The molecule has 0 radical (unpaired) electrons. The van der Waals surface area contributed by atoms with Crippen LogP contribution in [0.5, 0.6) is 0 Å². The van der Waals surface area contributed by atoms with Crippen LogP contribution < -0.4 is 0 Å². The van der Waals surface area contributed by atoms with E-state index in [-0.39, 0.29) is 4.90 Å². The van der Waals surface area contributed by atoms with Gasteiger partial charge >= 0.3 is 18.0 Å². The summed E-state index contributed by atoms with van der Waals surface area (Å²) in [6, 6.07) is -1.61. The highest BCUT2D eigenvalue weighted by Gasteiger charge is 2.50. The number of amides is 2. The molecule has 0 spiro atoms. The minimum absolute atomic E-state index is 0.0428. The number of carbonyl (C=O) groups is 4. The standard InChI is InChI=1S/C7H7NO7/c9-4-2(5(10)11)1-3(6(12)13)8(4)7(14)15/h2-3H,1H2,(H,10,11)(H,12,13)(H,14,15)/t2?,3-/m0/s1. The molecule has 2 amide bonds. The van der Waals surface area contributed by atoms with Crippen molar-refractivity contribution in [3.8, 4) is 0 Å². The first-order chi connectivity index (χ1) is 6.86. The average molecular weight is 217 g/mol. The molecule has 1 fully saturated rings. The van der Waals surface area contributed by atoms with Gasteiger partial charge in [0.05, 0.1) is 0 Å². The molecule has 0 aromatic carbocycles. The number of imide groups is 1. The van der Waals surface area contributed by atoms with Crippen LogP contribution in [0.3, 0.4) is 0 Å². The van der Waals surface area contributed by atoms with Crippen molar-refractivity contribution in [2.24, 2.45) is 5.92 Å². The first-order valence-corrected chi connectivity index (χ1v) is 3.88. The minimum atomic E-state index is -1.75. The number of rotatable bonds is 2. The van der Waals surface area contributed by atoms with Crippen molar-refractivity contribution < 1.29 is 34.5 Å². The third kappa shape index (κ3) is 1.73. The van der Waals surface area contributed by atoms with E-state index in [9.17, 15) is 19.2 Å². The fourth-order valence-corrected chi connectivity index (χ4v) is 1.40. The highest BCUT2D eigenvalue weighted by atomic mass is 16.4. The van der Waals surface area contributed by atoms with Crippen molar-refractivity contribution in [2.75, 3.05) is 0 Å². The Morgan fingerprint density at radius 2 is 1.67 bits per heavy atom. The van der Waals surface area contributed by atoms with Crippen molar-refractivity contribution in [1.82, 2.24) is 4.90 Å². The quantitative estimate of drug-likeness (QED) is 0.508. The molecule has 8 nitrogen and oxygen atoms in total. The summed E-state index contributed by atoms with van der Waals surface area (Å²) in [5.74, 6) is -5.85. The summed E-state index contributed by atoms with van der Waals surface area (Å²) in [6.07, 6.45) is -2.29. The third-order valence-electron chi connectivity index (χ3n) is 2.10. The molecule has 0 aliphatic carbocycles. The monoisotopic (exact) mass is 217 g/mol. The Hall–Kier alpha value is -2.12. The number of likely N-dealkylation sites (tertiary alicyclic amines) is 1. The first-order valence-electron chi connectivity index (χ1n) is 3.88. The number of carboxylic acid groups (broad SMARTS) is 3. The maximum atomic E-state index is 11.2. The Balaban J connectivity index is 3.02. The molecule has 0 aromatic rings. The van der Waals surface area contributed by atoms with Crippen LogP contribution in [0.4, 0.5) is 4.79 Å². The zero-order valence-electron chi connectivity index (χ0n) is 7.28. The molecular formula is C7H7NO7. The lowest BCUT2D eigenvalue weighted by Gasteiger charge is -2.14. The molecule has 0 aromatic heterocycles. The summed E-state index contributed by atoms with van der Waals surface area (Å²) in [6.45, 7) is 0. The van der Waals surface area contributed by atoms with Gasteiger partial charge in [0.25, 0.3) is 0 Å². The average Bonchev–Trinajstić information content (AvgIpc) is 2.42. The number of nitrogens with zero attached hydrogens (tertiary/aromatic N) is 1. The molecular weight excluding hydrogens is 210 g/mol. The molecule has 1 heterocycles. The Morgan fingerprint density at radius 3 is 1.93 bits per heavy atom. The van der Waals surface area contributed by atoms with Gasteiger partial charge in [-0.05, 0) is 0 Å². The molecule has 8 heteroatoms. The van der Waals surface area contributed by atoms with E-state index < -0.39 is 42.3 Å². The fourth-order valence-electron chi connectivity index (χ4n) is 1.40. The van der Waals surface area contributed by atoms with Crippen molar-refractivity contribution >= 4 is 23.9 Å². The van der Waals surface area contributed by atoms with Gasteiger partial charge in [0, 0.05) is 6.42 Å². The van der Waals surface area contributed by atoms with E-state index in [1.165, 1.54) is 0 Å². The van der Waals surface area contributed by atoms with E-state index in [2.05, 4.69) is 0 Å². The Morgan fingerprint density at radius 1 is 1.13 bits per heavy atom. The summed E-state index contributed by atoms with van der Waals surface area (Å²) < 4.78 is 0. The highest BCUT2D eigenvalue weighted by Crippen LogP contribution is 2.25. The van der Waals surface area contributed by atoms with Crippen LogP contribution >= 0.6 is 0 Å². The van der Waals surface area contributed by atoms with Crippen LogP contribution in [-0.2, 0) is 14.4 Å². The second-order valence-electron chi connectivity index (χ2n) is 2.97. The molecule has 1 saturated heterocycles. The topological polar surface area (TPSA) is 132 Å². The number of carboxylic acids is 2. The van der Waals surface area contributed by atoms with Crippen LogP contribution in [0.2, 0.25) is 0 Å². The maximum Gasteiger partial charge on any atom is 0.414 e. The van der Waals surface area contributed by atoms with E-state index in [1.54, 1.807) is 0 Å². The van der Waals surface area contributed by atoms with Gasteiger partial charge in [-0.3, -0.25) is 9.59 Å². The Kier molecular flexibility index (Phi) is 2.60. The van der Waals surface area contributed by atoms with Gasteiger partial charge in [0.2, 0.25) is 5.91 Å². The second-order valence-corrected chi connectivity index (χ2v) is 2.97. The van der Waals surface area contributed by atoms with Gasteiger partial charge in [-0.1, -0.05) is 0 Å². The van der Waals surface area contributed by atoms with Crippen molar-refractivity contribution in [2.45, 2.75) is 12.5 Å². The molecule has 82 valence electrons. The van der Waals surface area contributed by atoms with Gasteiger partial charge in [-0.15, -0.1) is 0 Å². The van der Waals surface area contributed by atoms with E-state index in [1.807, 2.05) is 0 Å². The molecule has 1 aliphatic rings. The van der Waals surface area contributed by atoms with E-state index in [0.29, 0.717) is 0 Å². The van der Waals surface area contributed by atoms with Crippen LogP contribution in [0.1, 0.15) is 6.42 Å². The van der Waals surface area contributed by atoms with Crippen LogP contribution in [0, 0.1) is 5.92 Å². The van der Waals surface area contributed by atoms with Gasteiger partial charge < -0.3 is 15.3 Å². The molecule has 0 saturated carbocycles. The Bertz CT molecular complexity index is 349. The van der Waals surface area contributed by atoms with Gasteiger partial charge in [0.15, 0.2) is 0 Å².